The van der Waals surface area contributed by atoms with Gasteiger partial charge in [0.25, 0.3) is 0 Å². The number of hydrogen-bond donors (Lipinski definition) is 0. The number of rotatable bonds is 0. The van der Waals surface area contributed by atoms with Crippen LogP contribution >= 0.6 is 0 Å². The van der Waals surface area contributed by atoms with Crippen molar-refractivity contribution in [1.82, 2.24) is 0 Å². The Morgan fingerprint density at radius 1 is 0.375 bits per heavy atom. The number of benzene rings is 6. The quantitative estimate of drug-likeness (QED) is 0.171. The van der Waals surface area contributed by atoms with Gasteiger partial charge in [-0.1, -0.05) is 90.1 Å². The van der Waals surface area contributed by atoms with Crippen molar-refractivity contribution in [3.8, 4) is 0 Å². The third kappa shape index (κ3) is 2.62. The van der Waals surface area contributed by atoms with Crippen LogP contribution in [0.15, 0.2) is 72.8 Å². The third-order valence-corrected chi connectivity index (χ3v) is 7.27. The average molecular weight is 415 g/mol. The van der Waals surface area contributed by atoms with E-state index in [2.05, 4.69) is 114 Å². The van der Waals surface area contributed by atoms with Gasteiger partial charge >= 0.3 is 0 Å². The fraction of sp³-hybridized carbons (Fsp3) is 0.250. The summed E-state index contributed by atoms with van der Waals surface area (Å²) < 4.78 is 0. The van der Waals surface area contributed by atoms with Crippen molar-refractivity contribution in [1.29, 1.82) is 0 Å². The molecule has 0 saturated carbocycles. The van der Waals surface area contributed by atoms with Gasteiger partial charge in [-0.05, 0) is 100 Å². The maximum Gasteiger partial charge on any atom is -0.00137 e. The molecule has 158 valence electrons. The molecule has 0 heteroatoms. The van der Waals surface area contributed by atoms with E-state index in [0.717, 1.165) is 0 Å². The lowest BCUT2D eigenvalue weighted by Crippen LogP contribution is -2.12. The Labute approximate surface area is 190 Å². The molecule has 0 atom stereocenters. The number of fused-ring (bicyclic) bond motifs is 6. The molecule has 0 aliphatic rings. The van der Waals surface area contributed by atoms with Crippen molar-refractivity contribution in [2.24, 2.45) is 0 Å². The van der Waals surface area contributed by atoms with Crippen LogP contribution in [0.2, 0.25) is 0 Å². The summed E-state index contributed by atoms with van der Waals surface area (Å²) in [5.74, 6) is 0. The Morgan fingerprint density at radius 3 is 0.844 bits per heavy atom. The lowest BCUT2D eigenvalue weighted by molar-refractivity contribution is 0.591. The van der Waals surface area contributed by atoms with Crippen LogP contribution in [0.25, 0.3) is 53.9 Å². The SMILES string of the molecule is CC(C)(C)c1cc2c3ccccc3c3cc(C(C)(C)C)cc4c5ccccc5c(c1)c2c34. The van der Waals surface area contributed by atoms with E-state index in [1.165, 1.54) is 65.0 Å². The topological polar surface area (TPSA) is 0 Å². The summed E-state index contributed by atoms with van der Waals surface area (Å²) in [7, 11) is 0. The first-order chi connectivity index (χ1) is 15.1. The molecule has 0 aliphatic carbocycles. The van der Waals surface area contributed by atoms with Crippen LogP contribution in [0.5, 0.6) is 0 Å². The van der Waals surface area contributed by atoms with Crippen LogP contribution < -0.4 is 0 Å². The van der Waals surface area contributed by atoms with E-state index in [-0.39, 0.29) is 10.8 Å². The molecular weight excluding hydrogens is 384 g/mol. The highest BCUT2D eigenvalue weighted by Gasteiger charge is 2.23. The molecule has 0 heterocycles. The standard InChI is InChI=1S/C32H30/c1-31(2,3)19-15-25-21-11-7-9-13-23(21)27-17-20(32(4,5)6)18-28-24-14-10-8-12-22(24)26(16-19)29(25)30(27)28/h7-18H,1-6H3. The maximum absolute atomic E-state index is 2.45. The molecule has 0 spiro atoms. The van der Waals surface area contributed by atoms with E-state index < -0.39 is 0 Å². The van der Waals surface area contributed by atoms with E-state index in [4.69, 9.17) is 0 Å². The summed E-state index contributed by atoms with van der Waals surface area (Å²) >= 11 is 0. The molecule has 6 rings (SSSR count). The van der Waals surface area contributed by atoms with Gasteiger partial charge in [0, 0.05) is 0 Å². The minimum Gasteiger partial charge on any atom is -0.0616 e. The summed E-state index contributed by atoms with van der Waals surface area (Å²) in [5, 5.41) is 13.8. The van der Waals surface area contributed by atoms with Gasteiger partial charge in [0.1, 0.15) is 0 Å². The monoisotopic (exact) mass is 414 g/mol. The van der Waals surface area contributed by atoms with Gasteiger partial charge in [0.05, 0.1) is 0 Å². The van der Waals surface area contributed by atoms with Gasteiger partial charge < -0.3 is 0 Å². The molecule has 6 aromatic rings. The van der Waals surface area contributed by atoms with E-state index in [1.54, 1.807) is 0 Å². The van der Waals surface area contributed by atoms with Gasteiger partial charge in [-0.15, -0.1) is 0 Å². The summed E-state index contributed by atoms with van der Waals surface area (Å²) in [5.41, 5.74) is 2.97. The second kappa shape index (κ2) is 6.23. The lowest BCUT2D eigenvalue weighted by atomic mass is 9.78. The Kier molecular flexibility index (Phi) is 3.81. The predicted molar refractivity (Wildman–Crippen MR) is 143 cm³/mol. The first kappa shape index (κ1) is 19.6. The molecule has 0 saturated heterocycles. The summed E-state index contributed by atoms with van der Waals surface area (Å²) in [6, 6.07) is 27.8. The first-order valence-corrected chi connectivity index (χ1v) is 11.7. The molecule has 0 bridgehead atoms. The Morgan fingerprint density at radius 2 is 0.625 bits per heavy atom. The minimum atomic E-state index is 0.0893. The highest BCUT2D eigenvalue weighted by atomic mass is 14.3. The molecular formula is C32H30. The molecule has 0 N–H and O–H groups in total. The molecule has 0 radical (unpaired) electrons. The fourth-order valence-electron chi connectivity index (χ4n) is 5.44. The highest BCUT2D eigenvalue weighted by Crippen LogP contribution is 2.47. The Hall–Kier alpha value is -3.12. The predicted octanol–water partition coefficient (Wildman–Crippen LogP) is 9.49. The van der Waals surface area contributed by atoms with Gasteiger partial charge in [0.15, 0.2) is 0 Å². The van der Waals surface area contributed by atoms with Gasteiger partial charge in [-0.2, -0.15) is 0 Å². The van der Waals surface area contributed by atoms with Crippen molar-refractivity contribution in [2.45, 2.75) is 52.4 Å². The first-order valence-electron chi connectivity index (χ1n) is 11.7. The second-order valence-corrected chi connectivity index (χ2v) is 11.5. The Balaban J connectivity index is 2.03. The van der Waals surface area contributed by atoms with Gasteiger partial charge in [-0.25, -0.2) is 0 Å². The van der Waals surface area contributed by atoms with Crippen molar-refractivity contribution < 1.29 is 0 Å². The summed E-state index contributed by atoms with van der Waals surface area (Å²) in [4.78, 5) is 0. The Bertz CT molecular complexity index is 1430. The zero-order chi connectivity index (χ0) is 22.4. The smallest absolute Gasteiger partial charge is 0.00137 e. The van der Waals surface area contributed by atoms with E-state index in [1.807, 2.05) is 0 Å². The molecule has 0 aliphatic heterocycles. The van der Waals surface area contributed by atoms with Crippen LogP contribution in [0, 0.1) is 0 Å². The van der Waals surface area contributed by atoms with Crippen LogP contribution in [-0.2, 0) is 10.8 Å². The van der Waals surface area contributed by atoms with Crippen molar-refractivity contribution in [2.75, 3.05) is 0 Å². The van der Waals surface area contributed by atoms with Crippen LogP contribution in [0.1, 0.15) is 52.7 Å². The van der Waals surface area contributed by atoms with Gasteiger partial charge in [-0.3, -0.25) is 0 Å². The average Bonchev–Trinajstić information content (AvgIpc) is 2.76. The molecule has 0 amide bonds. The molecule has 0 fully saturated rings. The van der Waals surface area contributed by atoms with Gasteiger partial charge in [0.2, 0.25) is 0 Å². The van der Waals surface area contributed by atoms with Crippen molar-refractivity contribution in [3.63, 3.8) is 0 Å². The highest BCUT2D eigenvalue weighted by molar-refractivity contribution is 6.40. The molecule has 0 nitrogen and oxygen atoms in total. The zero-order valence-electron chi connectivity index (χ0n) is 19.9. The van der Waals surface area contributed by atoms with Crippen LogP contribution in [-0.4, -0.2) is 0 Å². The van der Waals surface area contributed by atoms with Crippen molar-refractivity contribution in [3.05, 3.63) is 83.9 Å². The maximum atomic E-state index is 2.45. The van der Waals surface area contributed by atoms with Crippen LogP contribution in [0.3, 0.4) is 0 Å². The van der Waals surface area contributed by atoms with Crippen molar-refractivity contribution >= 4 is 53.9 Å². The lowest BCUT2D eigenvalue weighted by Gasteiger charge is -2.26. The van der Waals surface area contributed by atoms with E-state index in [0.29, 0.717) is 0 Å². The second-order valence-electron chi connectivity index (χ2n) is 11.5. The zero-order valence-corrected chi connectivity index (χ0v) is 19.9. The number of hydrogen-bond acceptors (Lipinski definition) is 0. The minimum absolute atomic E-state index is 0.0893. The summed E-state index contributed by atoms with van der Waals surface area (Å²) in [6.07, 6.45) is 0. The summed E-state index contributed by atoms with van der Waals surface area (Å²) in [6.45, 7) is 13.9. The largest absolute Gasteiger partial charge is 0.0616 e. The normalized spacial score (nSPS) is 13.3. The van der Waals surface area contributed by atoms with E-state index >= 15 is 0 Å². The molecule has 6 aromatic carbocycles. The molecule has 0 unspecified atom stereocenters. The molecule has 32 heavy (non-hydrogen) atoms. The van der Waals surface area contributed by atoms with E-state index in [9.17, 15) is 0 Å². The van der Waals surface area contributed by atoms with Crippen LogP contribution in [0.4, 0.5) is 0 Å². The third-order valence-electron chi connectivity index (χ3n) is 7.27. The molecule has 0 aromatic heterocycles. The fourth-order valence-corrected chi connectivity index (χ4v) is 5.44.